The van der Waals surface area contributed by atoms with Crippen LogP contribution in [0.25, 0.3) is 0 Å². The second-order valence-corrected chi connectivity index (χ2v) is 5.67. The zero-order chi connectivity index (χ0) is 14.5. The second-order valence-electron chi connectivity index (χ2n) is 5.67. The molecule has 0 radical (unpaired) electrons. The molecule has 20 heavy (non-hydrogen) atoms. The maximum absolute atomic E-state index is 5.81. The molecule has 112 valence electrons. The molecular weight excluding hydrogens is 250 g/mol. The quantitative estimate of drug-likeness (QED) is 0.868. The normalized spacial score (nSPS) is 19.7. The largest absolute Gasteiger partial charge is 0.371 e. The van der Waals surface area contributed by atoms with Crippen LogP contribution in [0.3, 0.4) is 0 Å². The summed E-state index contributed by atoms with van der Waals surface area (Å²) in [4.78, 5) is 9.52. The Morgan fingerprint density at radius 2 is 2.15 bits per heavy atom. The van der Waals surface area contributed by atoms with Crippen LogP contribution in [-0.2, 0) is 17.6 Å². The number of fused-ring (bicyclic) bond motifs is 1. The lowest BCUT2D eigenvalue weighted by Crippen LogP contribution is -2.25. The molecule has 1 aliphatic rings. The van der Waals surface area contributed by atoms with Gasteiger partial charge in [0.25, 0.3) is 0 Å². The fourth-order valence-corrected chi connectivity index (χ4v) is 2.98. The van der Waals surface area contributed by atoms with Crippen LogP contribution in [0.1, 0.15) is 62.0 Å². The minimum atomic E-state index is 0.0428. The van der Waals surface area contributed by atoms with E-state index in [9.17, 15) is 0 Å². The summed E-state index contributed by atoms with van der Waals surface area (Å²) in [5.74, 6) is 1.46. The lowest BCUT2D eigenvalue weighted by atomic mass is 9.86. The van der Waals surface area contributed by atoms with Crippen LogP contribution in [0, 0.1) is 12.8 Å². The van der Waals surface area contributed by atoms with Gasteiger partial charge in [-0.05, 0) is 57.6 Å². The predicted octanol–water partition coefficient (Wildman–Crippen LogP) is 2.73. The zero-order valence-corrected chi connectivity index (χ0v) is 13.0. The Kier molecular flexibility index (Phi) is 5.49. The van der Waals surface area contributed by atoms with Crippen molar-refractivity contribution in [3.05, 3.63) is 22.8 Å². The molecule has 2 N–H and O–H groups in total. The first-order chi connectivity index (χ1) is 9.69. The van der Waals surface area contributed by atoms with Crippen LogP contribution in [0.15, 0.2) is 0 Å². The monoisotopic (exact) mass is 277 g/mol. The molecular formula is C16H27N3O. The lowest BCUT2D eigenvalue weighted by molar-refractivity contribution is 0.0490. The van der Waals surface area contributed by atoms with Crippen molar-refractivity contribution in [1.82, 2.24) is 9.97 Å². The summed E-state index contributed by atoms with van der Waals surface area (Å²) < 4.78 is 5.81. The highest BCUT2D eigenvalue weighted by Crippen LogP contribution is 2.28. The third-order valence-corrected chi connectivity index (χ3v) is 4.14. The summed E-state index contributed by atoms with van der Waals surface area (Å²) in [5.41, 5.74) is 9.46. The van der Waals surface area contributed by atoms with Crippen molar-refractivity contribution in [2.45, 2.75) is 59.0 Å². The average molecular weight is 277 g/mol. The van der Waals surface area contributed by atoms with Crippen molar-refractivity contribution in [3.8, 4) is 0 Å². The van der Waals surface area contributed by atoms with Crippen molar-refractivity contribution < 1.29 is 4.74 Å². The van der Waals surface area contributed by atoms with E-state index in [-0.39, 0.29) is 6.10 Å². The Labute approximate surface area is 122 Å². The molecule has 2 rings (SSSR count). The molecule has 0 saturated carbocycles. The molecule has 1 heterocycles. The maximum Gasteiger partial charge on any atom is 0.157 e. The van der Waals surface area contributed by atoms with E-state index in [0.717, 1.165) is 50.2 Å². The number of ether oxygens (including phenoxy) is 1. The van der Waals surface area contributed by atoms with Gasteiger partial charge in [-0.15, -0.1) is 0 Å². The molecule has 4 heteroatoms. The molecule has 0 aromatic carbocycles. The van der Waals surface area contributed by atoms with Crippen LogP contribution in [0.4, 0.5) is 0 Å². The van der Waals surface area contributed by atoms with Crippen molar-refractivity contribution in [3.63, 3.8) is 0 Å². The van der Waals surface area contributed by atoms with Crippen molar-refractivity contribution in [1.29, 1.82) is 0 Å². The van der Waals surface area contributed by atoms with E-state index in [1.54, 1.807) is 0 Å². The number of aromatic nitrogens is 2. The van der Waals surface area contributed by atoms with E-state index in [4.69, 9.17) is 20.4 Å². The molecule has 0 aliphatic heterocycles. The van der Waals surface area contributed by atoms with Gasteiger partial charge < -0.3 is 10.5 Å². The van der Waals surface area contributed by atoms with E-state index in [1.807, 2.05) is 6.92 Å². The van der Waals surface area contributed by atoms with Crippen LogP contribution >= 0.6 is 0 Å². The minimum absolute atomic E-state index is 0.0428. The van der Waals surface area contributed by atoms with Crippen molar-refractivity contribution in [2.75, 3.05) is 13.2 Å². The first-order valence-electron chi connectivity index (χ1n) is 7.87. The number of nitrogens with two attached hydrogens (primary N) is 1. The van der Waals surface area contributed by atoms with Crippen LogP contribution < -0.4 is 5.73 Å². The third-order valence-electron chi connectivity index (χ3n) is 4.14. The number of nitrogens with zero attached hydrogens (tertiary/aromatic N) is 2. The first-order valence-corrected chi connectivity index (χ1v) is 7.87. The molecule has 0 amide bonds. The highest BCUT2D eigenvalue weighted by Gasteiger charge is 2.24. The van der Waals surface area contributed by atoms with Crippen molar-refractivity contribution >= 4 is 0 Å². The lowest BCUT2D eigenvalue weighted by Gasteiger charge is -2.25. The van der Waals surface area contributed by atoms with E-state index in [2.05, 4.69) is 13.8 Å². The number of hydrogen-bond acceptors (Lipinski definition) is 4. The summed E-state index contributed by atoms with van der Waals surface area (Å²) in [6, 6.07) is 0. The number of rotatable bonds is 6. The van der Waals surface area contributed by atoms with E-state index in [1.165, 1.54) is 11.3 Å². The van der Waals surface area contributed by atoms with Gasteiger partial charge in [-0.3, -0.25) is 0 Å². The number of hydrogen-bond donors (Lipinski definition) is 1. The zero-order valence-electron chi connectivity index (χ0n) is 13.0. The second kappa shape index (κ2) is 7.14. The van der Waals surface area contributed by atoms with Gasteiger partial charge in [0.1, 0.15) is 6.10 Å². The van der Waals surface area contributed by atoms with Crippen LogP contribution in [-0.4, -0.2) is 23.1 Å². The van der Waals surface area contributed by atoms with Gasteiger partial charge in [0, 0.05) is 18.0 Å². The molecule has 0 saturated heterocycles. The summed E-state index contributed by atoms with van der Waals surface area (Å²) in [6.45, 7) is 7.76. The molecule has 1 aromatic heterocycles. The van der Waals surface area contributed by atoms with Gasteiger partial charge in [-0.25, -0.2) is 9.97 Å². The molecule has 0 bridgehead atoms. The Balaban J connectivity index is 2.27. The van der Waals surface area contributed by atoms with Crippen molar-refractivity contribution in [2.24, 2.45) is 11.7 Å². The van der Waals surface area contributed by atoms with Crippen LogP contribution in [0.5, 0.6) is 0 Å². The average Bonchev–Trinajstić information content (AvgIpc) is 2.46. The SMILES string of the molecule is CCCC(OCC)c1nc(C)c2c(n1)CCC(CN)C2. The molecule has 0 fully saturated rings. The van der Waals surface area contributed by atoms with Crippen LogP contribution in [0.2, 0.25) is 0 Å². The molecule has 4 nitrogen and oxygen atoms in total. The Morgan fingerprint density at radius 3 is 2.80 bits per heavy atom. The van der Waals surface area contributed by atoms with E-state index < -0.39 is 0 Å². The number of aryl methyl sites for hydroxylation is 2. The van der Waals surface area contributed by atoms with Gasteiger partial charge in [-0.2, -0.15) is 0 Å². The smallest absolute Gasteiger partial charge is 0.157 e. The van der Waals surface area contributed by atoms with Gasteiger partial charge in [0.05, 0.1) is 0 Å². The highest BCUT2D eigenvalue weighted by molar-refractivity contribution is 5.28. The molecule has 1 aliphatic carbocycles. The Bertz CT molecular complexity index is 442. The fourth-order valence-electron chi connectivity index (χ4n) is 2.98. The van der Waals surface area contributed by atoms with E-state index in [0.29, 0.717) is 12.5 Å². The summed E-state index contributed by atoms with van der Waals surface area (Å²) in [6.07, 6.45) is 5.31. The standard InChI is InChI=1S/C16H27N3O/c1-4-6-15(20-5-2)16-18-11(3)13-9-12(10-17)7-8-14(13)19-16/h12,15H,4-10,17H2,1-3H3. The van der Waals surface area contributed by atoms with E-state index >= 15 is 0 Å². The highest BCUT2D eigenvalue weighted by atomic mass is 16.5. The fraction of sp³-hybridized carbons (Fsp3) is 0.750. The first kappa shape index (κ1) is 15.4. The predicted molar refractivity (Wildman–Crippen MR) is 80.6 cm³/mol. The molecule has 0 spiro atoms. The van der Waals surface area contributed by atoms with Gasteiger partial charge in [-0.1, -0.05) is 13.3 Å². The van der Waals surface area contributed by atoms with Gasteiger partial charge >= 0.3 is 0 Å². The molecule has 2 atom stereocenters. The Morgan fingerprint density at radius 1 is 1.35 bits per heavy atom. The summed E-state index contributed by atoms with van der Waals surface area (Å²) >= 11 is 0. The third kappa shape index (κ3) is 3.36. The maximum atomic E-state index is 5.81. The molecule has 2 unspecified atom stereocenters. The summed E-state index contributed by atoms with van der Waals surface area (Å²) in [7, 11) is 0. The van der Waals surface area contributed by atoms with Gasteiger partial charge in [0.15, 0.2) is 5.82 Å². The summed E-state index contributed by atoms with van der Waals surface area (Å²) in [5, 5.41) is 0. The Hall–Kier alpha value is -1.00. The molecule has 1 aromatic rings. The topological polar surface area (TPSA) is 61.0 Å². The minimum Gasteiger partial charge on any atom is -0.371 e. The van der Waals surface area contributed by atoms with Gasteiger partial charge in [0.2, 0.25) is 0 Å².